The molecule has 1 heterocycles. The van der Waals surface area contributed by atoms with E-state index < -0.39 is 10.0 Å². The van der Waals surface area contributed by atoms with E-state index in [4.69, 9.17) is 5.11 Å². The summed E-state index contributed by atoms with van der Waals surface area (Å²) in [6, 6.07) is 4.82. The lowest BCUT2D eigenvalue weighted by atomic mass is 10.1. The smallest absolute Gasteiger partial charge is 0.244 e. The zero-order valence-electron chi connectivity index (χ0n) is 11.6. The molecular weight excluding hydrogens is 292 g/mol. The quantitative estimate of drug-likeness (QED) is 0.718. The van der Waals surface area contributed by atoms with Gasteiger partial charge in [0.2, 0.25) is 15.9 Å². The highest BCUT2D eigenvalue weighted by Gasteiger charge is 2.30. The van der Waals surface area contributed by atoms with E-state index in [2.05, 4.69) is 17.2 Å². The molecule has 0 unspecified atom stereocenters. The molecule has 0 radical (unpaired) electrons. The van der Waals surface area contributed by atoms with Gasteiger partial charge in [0.1, 0.15) is 6.61 Å². The minimum Gasteiger partial charge on any atom is -0.384 e. The number of aliphatic hydroxyl groups is 1. The highest BCUT2D eigenvalue weighted by molar-refractivity contribution is 7.89. The molecule has 21 heavy (non-hydrogen) atoms. The van der Waals surface area contributed by atoms with Crippen LogP contribution >= 0.6 is 0 Å². The lowest BCUT2D eigenvalue weighted by Gasteiger charge is -2.26. The molecule has 1 aromatic rings. The van der Waals surface area contributed by atoms with Crippen LogP contribution in [-0.2, 0) is 14.8 Å². The summed E-state index contributed by atoms with van der Waals surface area (Å²) < 4.78 is 26.4. The molecule has 0 saturated carbocycles. The monoisotopic (exact) mass is 308 g/mol. The summed E-state index contributed by atoms with van der Waals surface area (Å²) in [5, 5.41) is 11.4. The molecule has 1 aromatic carbocycles. The van der Waals surface area contributed by atoms with Gasteiger partial charge in [0, 0.05) is 18.7 Å². The Bertz CT molecular complexity index is 716. The first-order valence-electron chi connectivity index (χ1n) is 6.42. The summed E-state index contributed by atoms with van der Waals surface area (Å²) >= 11 is 0. The van der Waals surface area contributed by atoms with Gasteiger partial charge in [0.25, 0.3) is 0 Å². The maximum absolute atomic E-state index is 12.6. The first-order chi connectivity index (χ1) is 9.95. The Morgan fingerprint density at radius 2 is 2.19 bits per heavy atom. The van der Waals surface area contributed by atoms with Gasteiger partial charge in [0.05, 0.1) is 11.4 Å². The Hall–Kier alpha value is -1.88. The Kier molecular flexibility index (Phi) is 4.63. The number of aliphatic hydroxyl groups excluding tert-OH is 1. The molecule has 1 fully saturated rings. The Balaban J connectivity index is 2.46. The molecule has 2 rings (SSSR count). The number of carbonyl (C=O) groups excluding carboxylic acids is 1. The SMILES string of the molecule is Cc1ccc(S(=O)(=O)N2CCNC(=O)C2)c(C#CCO)c1. The van der Waals surface area contributed by atoms with Crippen molar-refractivity contribution < 1.29 is 18.3 Å². The summed E-state index contributed by atoms with van der Waals surface area (Å²) in [6.45, 7) is 1.81. The molecule has 0 aromatic heterocycles. The van der Waals surface area contributed by atoms with E-state index in [1.807, 2.05) is 6.92 Å². The van der Waals surface area contributed by atoms with E-state index in [1.54, 1.807) is 12.1 Å². The maximum atomic E-state index is 12.6. The molecule has 0 atom stereocenters. The number of nitrogens with zero attached hydrogens (tertiary/aromatic N) is 1. The lowest BCUT2D eigenvalue weighted by molar-refractivity contribution is -0.122. The highest BCUT2D eigenvalue weighted by Crippen LogP contribution is 2.21. The lowest BCUT2D eigenvalue weighted by Crippen LogP contribution is -2.49. The molecular formula is C14H16N2O4S. The highest BCUT2D eigenvalue weighted by atomic mass is 32.2. The topological polar surface area (TPSA) is 86.7 Å². The van der Waals surface area contributed by atoms with Crippen LogP contribution in [0.2, 0.25) is 0 Å². The summed E-state index contributed by atoms with van der Waals surface area (Å²) in [5.41, 5.74) is 1.20. The second-order valence-electron chi connectivity index (χ2n) is 4.65. The van der Waals surface area contributed by atoms with Crippen molar-refractivity contribution in [3.05, 3.63) is 29.3 Å². The van der Waals surface area contributed by atoms with Crippen LogP contribution in [0.5, 0.6) is 0 Å². The number of aryl methyl sites for hydroxylation is 1. The van der Waals surface area contributed by atoms with Gasteiger partial charge < -0.3 is 10.4 Å². The van der Waals surface area contributed by atoms with Crippen molar-refractivity contribution in [2.75, 3.05) is 26.2 Å². The average molecular weight is 308 g/mol. The van der Waals surface area contributed by atoms with Gasteiger partial charge in [-0.25, -0.2) is 8.42 Å². The van der Waals surface area contributed by atoms with Crippen molar-refractivity contribution in [3.8, 4) is 11.8 Å². The number of piperazine rings is 1. The molecule has 1 saturated heterocycles. The van der Waals surface area contributed by atoms with Gasteiger partial charge in [-0.2, -0.15) is 4.31 Å². The summed E-state index contributed by atoms with van der Waals surface area (Å²) in [5.74, 6) is 4.79. The third kappa shape index (κ3) is 3.42. The van der Waals surface area contributed by atoms with Gasteiger partial charge in [-0.05, 0) is 24.6 Å². The zero-order chi connectivity index (χ0) is 15.5. The zero-order valence-corrected chi connectivity index (χ0v) is 12.4. The number of hydrogen-bond acceptors (Lipinski definition) is 4. The fourth-order valence-corrected chi connectivity index (χ4v) is 3.59. The minimum atomic E-state index is -3.78. The molecule has 1 amide bonds. The van der Waals surface area contributed by atoms with E-state index in [9.17, 15) is 13.2 Å². The van der Waals surface area contributed by atoms with Gasteiger partial charge in [-0.3, -0.25) is 4.79 Å². The van der Waals surface area contributed by atoms with Crippen LogP contribution in [0.1, 0.15) is 11.1 Å². The van der Waals surface area contributed by atoms with E-state index in [1.165, 1.54) is 6.07 Å². The summed E-state index contributed by atoms with van der Waals surface area (Å²) in [4.78, 5) is 11.4. The van der Waals surface area contributed by atoms with Crippen LogP contribution in [-0.4, -0.2) is 50.0 Å². The number of sulfonamides is 1. The number of carbonyl (C=O) groups is 1. The first-order valence-corrected chi connectivity index (χ1v) is 7.86. The number of amides is 1. The second kappa shape index (κ2) is 6.26. The maximum Gasteiger partial charge on any atom is 0.244 e. The van der Waals surface area contributed by atoms with E-state index >= 15 is 0 Å². The molecule has 7 heteroatoms. The standard InChI is InChI=1S/C14H16N2O4S/c1-11-4-5-13(12(9-11)3-2-8-17)21(19,20)16-7-6-15-14(18)10-16/h4-5,9,17H,6-8,10H2,1H3,(H,15,18). The van der Waals surface area contributed by atoms with E-state index in [0.717, 1.165) is 9.87 Å². The number of hydrogen-bond donors (Lipinski definition) is 2. The number of rotatable bonds is 2. The predicted octanol–water partition coefficient (Wildman–Crippen LogP) is -0.541. The molecule has 1 aliphatic rings. The van der Waals surface area contributed by atoms with Crippen LogP contribution in [0.15, 0.2) is 23.1 Å². The predicted molar refractivity (Wildman–Crippen MR) is 76.9 cm³/mol. The summed E-state index contributed by atoms with van der Waals surface area (Å²) in [7, 11) is -3.78. The molecule has 2 N–H and O–H groups in total. The average Bonchev–Trinajstić information content (AvgIpc) is 2.45. The number of nitrogens with one attached hydrogen (secondary N) is 1. The van der Waals surface area contributed by atoms with Crippen LogP contribution in [0, 0.1) is 18.8 Å². The van der Waals surface area contributed by atoms with Crippen LogP contribution < -0.4 is 5.32 Å². The normalized spacial score (nSPS) is 16.0. The van der Waals surface area contributed by atoms with Crippen LogP contribution in [0.3, 0.4) is 0 Å². The van der Waals surface area contributed by atoms with Crippen molar-refractivity contribution >= 4 is 15.9 Å². The first kappa shape index (κ1) is 15.5. The molecule has 0 aliphatic carbocycles. The van der Waals surface area contributed by atoms with E-state index in [-0.39, 0.29) is 30.5 Å². The molecule has 1 aliphatic heterocycles. The van der Waals surface area contributed by atoms with Gasteiger partial charge in [0.15, 0.2) is 0 Å². The largest absolute Gasteiger partial charge is 0.384 e. The Morgan fingerprint density at radius 3 is 2.86 bits per heavy atom. The third-order valence-electron chi connectivity index (χ3n) is 3.06. The fourth-order valence-electron chi connectivity index (χ4n) is 2.06. The van der Waals surface area contributed by atoms with Gasteiger partial charge >= 0.3 is 0 Å². The van der Waals surface area contributed by atoms with Crippen LogP contribution in [0.25, 0.3) is 0 Å². The molecule has 0 spiro atoms. The van der Waals surface area contributed by atoms with E-state index in [0.29, 0.717) is 12.1 Å². The molecule has 6 nitrogen and oxygen atoms in total. The van der Waals surface area contributed by atoms with Gasteiger partial charge in [-0.15, -0.1) is 0 Å². The number of benzene rings is 1. The van der Waals surface area contributed by atoms with Crippen molar-refractivity contribution in [1.82, 2.24) is 9.62 Å². The van der Waals surface area contributed by atoms with Crippen molar-refractivity contribution in [2.45, 2.75) is 11.8 Å². The van der Waals surface area contributed by atoms with Crippen molar-refractivity contribution in [2.24, 2.45) is 0 Å². The summed E-state index contributed by atoms with van der Waals surface area (Å²) in [6.07, 6.45) is 0. The third-order valence-corrected chi connectivity index (χ3v) is 4.96. The molecule has 0 bridgehead atoms. The fraction of sp³-hybridized carbons (Fsp3) is 0.357. The second-order valence-corrected chi connectivity index (χ2v) is 6.55. The minimum absolute atomic E-state index is 0.0590. The van der Waals surface area contributed by atoms with Gasteiger partial charge in [-0.1, -0.05) is 17.9 Å². The van der Waals surface area contributed by atoms with Crippen molar-refractivity contribution in [1.29, 1.82) is 0 Å². The van der Waals surface area contributed by atoms with Crippen molar-refractivity contribution in [3.63, 3.8) is 0 Å². The molecule has 112 valence electrons. The van der Waals surface area contributed by atoms with Crippen LogP contribution in [0.4, 0.5) is 0 Å². The Labute approximate surface area is 123 Å². The Morgan fingerprint density at radius 1 is 1.43 bits per heavy atom.